The number of hydrogen-bond donors (Lipinski definition) is 0. The van der Waals surface area contributed by atoms with Crippen LogP contribution in [0.2, 0.25) is 0 Å². The number of carbonyl (C=O) groups is 1. The molecule has 108 valence electrons. The fourth-order valence-electron chi connectivity index (χ4n) is 3.89. The molecule has 0 unspecified atom stereocenters. The first kappa shape index (κ1) is 13.5. The molecular formula is C17H23NO2. The van der Waals surface area contributed by atoms with Crippen LogP contribution in [0.4, 0.5) is 5.69 Å². The van der Waals surface area contributed by atoms with Gasteiger partial charge in [0.15, 0.2) is 0 Å². The summed E-state index contributed by atoms with van der Waals surface area (Å²) >= 11 is 0. The lowest BCUT2D eigenvalue weighted by Gasteiger charge is -2.34. The van der Waals surface area contributed by atoms with E-state index in [1.54, 1.807) is 0 Å². The molecule has 1 saturated carbocycles. The van der Waals surface area contributed by atoms with Gasteiger partial charge in [-0.1, -0.05) is 37.5 Å². The maximum atomic E-state index is 11.8. The van der Waals surface area contributed by atoms with Gasteiger partial charge in [-0.15, -0.1) is 0 Å². The molecule has 1 aliphatic heterocycles. The van der Waals surface area contributed by atoms with Gasteiger partial charge in [-0.3, -0.25) is 4.79 Å². The highest BCUT2D eigenvalue weighted by Crippen LogP contribution is 2.48. The average molecular weight is 273 g/mol. The van der Waals surface area contributed by atoms with Crippen LogP contribution in [-0.4, -0.2) is 25.7 Å². The van der Waals surface area contributed by atoms with Crippen LogP contribution in [0.15, 0.2) is 24.3 Å². The van der Waals surface area contributed by atoms with Crippen LogP contribution < -0.4 is 4.90 Å². The standard InChI is InChI=1S/C17H23NO2/c1-2-20-16(19)12-18-13-17(10-6-3-7-11-17)14-8-4-5-9-15(14)18/h4-5,8-9H,2-3,6-7,10-13H2,1H3. The molecule has 1 aromatic carbocycles. The smallest absolute Gasteiger partial charge is 0.325 e. The SMILES string of the molecule is CCOC(=O)CN1CC2(CCCCC2)c2ccccc21. The highest BCUT2D eigenvalue weighted by Gasteiger charge is 2.43. The lowest BCUT2D eigenvalue weighted by Crippen LogP contribution is -2.38. The van der Waals surface area contributed by atoms with Crippen molar-refractivity contribution in [3.8, 4) is 0 Å². The number of nitrogens with zero attached hydrogens (tertiary/aromatic N) is 1. The molecule has 1 heterocycles. The summed E-state index contributed by atoms with van der Waals surface area (Å²) in [6, 6.07) is 8.60. The average Bonchev–Trinajstić information content (AvgIpc) is 2.75. The fraction of sp³-hybridized carbons (Fsp3) is 0.588. The van der Waals surface area contributed by atoms with Crippen LogP contribution in [0, 0.1) is 0 Å². The number of para-hydroxylation sites is 1. The third-order valence-electron chi connectivity index (χ3n) is 4.75. The molecule has 0 saturated heterocycles. The largest absolute Gasteiger partial charge is 0.465 e. The van der Waals surface area contributed by atoms with Gasteiger partial charge in [-0.05, 0) is 31.4 Å². The van der Waals surface area contributed by atoms with Gasteiger partial charge in [0, 0.05) is 17.6 Å². The number of benzene rings is 1. The maximum absolute atomic E-state index is 11.8. The quantitative estimate of drug-likeness (QED) is 0.792. The molecule has 1 aromatic rings. The number of carbonyl (C=O) groups excluding carboxylic acids is 1. The fourth-order valence-corrected chi connectivity index (χ4v) is 3.89. The number of fused-ring (bicyclic) bond motifs is 2. The van der Waals surface area contributed by atoms with Crippen LogP contribution in [0.25, 0.3) is 0 Å². The van der Waals surface area contributed by atoms with Crippen molar-refractivity contribution in [1.82, 2.24) is 0 Å². The molecule has 0 amide bonds. The van der Waals surface area contributed by atoms with Crippen LogP contribution in [-0.2, 0) is 14.9 Å². The second kappa shape index (κ2) is 5.47. The van der Waals surface area contributed by atoms with Gasteiger partial charge in [-0.2, -0.15) is 0 Å². The van der Waals surface area contributed by atoms with E-state index in [1.165, 1.54) is 43.4 Å². The zero-order chi connectivity index (χ0) is 14.0. The Bertz CT molecular complexity index is 492. The second-order valence-electron chi connectivity index (χ2n) is 6.02. The monoisotopic (exact) mass is 273 g/mol. The Balaban J connectivity index is 1.86. The van der Waals surface area contributed by atoms with Crippen molar-refractivity contribution in [3.63, 3.8) is 0 Å². The van der Waals surface area contributed by atoms with E-state index < -0.39 is 0 Å². The molecule has 2 aliphatic rings. The van der Waals surface area contributed by atoms with Crippen LogP contribution >= 0.6 is 0 Å². The maximum Gasteiger partial charge on any atom is 0.325 e. The Morgan fingerprint density at radius 2 is 2.00 bits per heavy atom. The van der Waals surface area contributed by atoms with Crippen molar-refractivity contribution in [3.05, 3.63) is 29.8 Å². The summed E-state index contributed by atoms with van der Waals surface area (Å²) in [6.07, 6.45) is 6.47. The van der Waals surface area contributed by atoms with E-state index >= 15 is 0 Å². The predicted octanol–water partition coefficient (Wildman–Crippen LogP) is 3.27. The van der Waals surface area contributed by atoms with Crippen LogP contribution in [0.5, 0.6) is 0 Å². The molecule has 20 heavy (non-hydrogen) atoms. The van der Waals surface area contributed by atoms with Crippen LogP contribution in [0.3, 0.4) is 0 Å². The van der Waals surface area contributed by atoms with E-state index in [4.69, 9.17) is 4.74 Å². The molecule has 1 aliphatic carbocycles. The van der Waals surface area contributed by atoms with Crippen molar-refractivity contribution in [2.45, 2.75) is 44.4 Å². The zero-order valence-electron chi connectivity index (χ0n) is 12.2. The Morgan fingerprint density at radius 3 is 2.75 bits per heavy atom. The van der Waals surface area contributed by atoms with Crippen molar-refractivity contribution in [1.29, 1.82) is 0 Å². The molecule has 0 atom stereocenters. The predicted molar refractivity (Wildman–Crippen MR) is 80.1 cm³/mol. The minimum atomic E-state index is -0.116. The molecular weight excluding hydrogens is 250 g/mol. The summed E-state index contributed by atoms with van der Waals surface area (Å²) in [5.74, 6) is -0.116. The topological polar surface area (TPSA) is 29.5 Å². The van der Waals surface area contributed by atoms with Gasteiger partial charge in [0.25, 0.3) is 0 Å². The zero-order valence-corrected chi connectivity index (χ0v) is 12.2. The molecule has 0 N–H and O–H groups in total. The van der Waals surface area contributed by atoms with E-state index in [0.29, 0.717) is 13.2 Å². The summed E-state index contributed by atoms with van der Waals surface area (Å²) in [5, 5.41) is 0. The van der Waals surface area contributed by atoms with E-state index in [1.807, 2.05) is 6.92 Å². The molecule has 0 radical (unpaired) electrons. The van der Waals surface area contributed by atoms with Crippen molar-refractivity contribution in [2.75, 3.05) is 24.6 Å². The van der Waals surface area contributed by atoms with Gasteiger partial charge < -0.3 is 9.64 Å². The molecule has 3 heteroatoms. The first-order chi connectivity index (χ1) is 9.75. The molecule has 3 rings (SSSR count). The molecule has 1 fully saturated rings. The Hall–Kier alpha value is -1.51. The lowest BCUT2D eigenvalue weighted by atomic mass is 9.71. The Morgan fingerprint density at radius 1 is 1.25 bits per heavy atom. The van der Waals surface area contributed by atoms with E-state index in [9.17, 15) is 4.79 Å². The summed E-state index contributed by atoms with van der Waals surface area (Å²) in [6.45, 7) is 3.68. The van der Waals surface area contributed by atoms with Crippen molar-refractivity contribution < 1.29 is 9.53 Å². The van der Waals surface area contributed by atoms with Crippen LogP contribution in [0.1, 0.15) is 44.6 Å². The lowest BCUT2D eigenvalue weighted by molar-refractivity contribution is -0.141. The van der Waals surface area contributed by atoms with Crippen molar-refractivity contribution >= 4 is 11.7 Å². The first-order valence-corrected chi connectivity index (χ1v) is 7.75. The van der Waals surface area contributed by atoms with E-state index in [2.05, 4.69) is 29.2 Å². The van der Waals surface area contributed by atoms with Gasteiger partial charge in [0.2, 0.25) is 0 Å². The highest BCUT2D eigenvalue weighted by molar-refractivity contribution is 5.78. The summed E-state index contributed by atoms with van der Waals surface area (Å²) in [5.41, 5.74) is 2.97. The third kappa shape index (κ3) is 2.30. The van der Waals surface area contributed by atoms with E-state index in [0.717, 1.165) is 6.54 Å². The molecule has 0 aromatic heterocycles. The Kier molecular flexibility index (Phi) is 3.68. The third-order valence-corrected chi connectivity index (χ3v) is 4.75. The molecule has 1 spiro atoms. The van der Waals surface area contributed by atoms with Crippen molar-refractivity contribution in [2.24, 2.45) is 0 Å². The van der Waals surface area contributed by atoms with E-state index in [-0.39, 0.29) is 11.4 Å². The number of esters is 1. The molecule has 3 nitrogen and oxygen atoms in total. The first-order valence-electron chi connectivity index (χ1n) is 7.75. The summed E-state index contributed by atoms with van der Waals surface area (Å²) < 4.78 is 5.11. The minimum absolute atomic E-state index is 0.116. The van der Waals surface area contributed by atoms with Gasteiger partial charge >= 0.3 is 5.97 Å². The Labute approximate surface area is 120 Å². The normalized spacial score (nSPS) is 19.9. The summed E-state index contributed by atoms with van der Waals surface area (Å²) in [7, 11) is 0. The summed E-state index contributed by atoms with van der Waals surface area (Å²) in [4.78, 5) is 14.0. The minimum Gasteiger partial charge on any atom is -0.465 e. The second-order valence-corrected chi connectivity index (χ2v) is 6.02. The van der Waals surface area contributed by atoms with Gasteiger partial charge in [0.05, 0.1) is 6.61 Å². The molecule has 0 bridgehead atoms. The number of rotatable bonds is 3. The number of ether oxygens (including phenoxy) is 1. The van der Waals surface area contributed by atoms with Gasteiger partial charge in [0.1, 0.15) is 6.54 Å². The van der Waals surface area contributed by atoms with Gasteiger partial charge in [-0.25, -0.2) is 0 Å². The number of anilines is 1. The highest BCUT2D eigenvalue weighted by atomic mass is 16.5. The number of hydrogen-bond acceptors (Lipinski definition) is 3.